The Morgan fingerprint density at radius 1 is 1.29 bits per heavy atom. The van der Waals surface area contributed by atoms with Crippen LogP contribution in [0.15, 0.2) is 0 Å². The van der Waals surface area contributed by atoms with E-state index in [0.717, 1.165) is 19.6 Å². The second-order valence-corrected chi connectivity index (χ2v) is 5.33. The van der Waals surface area contributed by atoms with Gasteiger partial charge >= 0.3 is 0 Å². The molecule has 0 aromatic heterocycles. The van der Waals surface area contributed by atoms with Crippen molar-refractivity contribution < 1.29 is 0 Å². The summed E-state index contributed by atoms with van der Waals surface area (Å²) in [4.78, 5) is 4.89. The van der Waals surface area contributed by atoms with Crippen LogP contribution >= 0.6 is 0 Å². The van der Waals surface area contributed by atoms with Gasteiger partial charge in [0.1, 0.15) is 0 Å². The second-order valence-electron chi connectivity index (χ2n) is 5.33. The van der Waals surface area contributed by atoms with Gasteiger partial charge in [0.2, 0.25) is 0 Å². The van der Waals surface area contributed by atoms with Crippen LogP contribution < -0.4 is 0 Å². The Kier molecular flexibility index (Phi) is 2.29. The smallest absolute Gasteiger partial charge is 0.0717 e. The molecule has 0 aliphatic carbocycles. The quantitative estimate of drug-likeness (QED) is 0.620. The highest BCUT2D eigenvalue weighted by Gasteiger charge is 2.42. The predicted octanol–water partition coefficient (Wildman–Crippen LogP) is 0.924. The van der Waals surface area contributed by atoms with Crippen molar-refractivity contribution in [1.82, 2.24) is 9.80 Å². The molecule has 3 heteroatoms. The summed E-state index contributed by atoms with van der Waals surface area (Å²) in [5.74, 6) is 0.295. The Morgan fingerprint density at radius 3 is 2.36 bits per heavy atom. The van der Waals surface area contributed by atoms with E-state index in [2.05, 4.69) is 36.8 Å². The first-order valence-electron chi connectivity index (χ1n) is 5.38. The molecular weight excluding hydrogens is 174 g/mol. The summed E-state index contributed by atoms with van der Waals surface area (Å²) in [5, 5.41) is 8.71. The molecule has 0 radical (unpaired) electrons. The van der Waals surface area contributed by atoms with E-state index in [1.807, 2.05) is 0 Å². The van der Waals surface area contributed by atoms with E-state index in [0.29, 0.717) is 17.5 Å². The SMILES string of the molecule is CN1CC(N2CC(C#N)C2)CC1(C)C. The number of nitriles is 1. The third-order valence-electron chi connectivity index (χ3n) is 3.86. The van der Waals surface area contributed by atoms with E-state index in [1.54, 1.807) is 0 Å². The highest BCUT2D eigenvalue weighted by molar-refractivity contribution is 5.02. The van der Waals surface area contributed by atoms with Gasteiger partial charge in [0.05, 0.1) is 12.0 Å². The molecule has 1 unspecified atom stereocenters. The number of rotatable bonds is 1. The zero-order valence-electron chi connectivity index (χ0n) is 9.32. The fourth-order valence-electron chi connectivity index (χ4n) is 2.50. The molecule has 3 nitrogen and oxygen atoms in total. The van der Waals surface area contributed by atoms with Crippen LogP contribution in [0.5, 0.6) is 0 Å². The monoisotopic (exact) mass is 193 g/mol. The minimum absolute atomic E-state index is 0.295. The van der Waals surface area contributed by atoms with Crippen molar-refractivity contribution in [2.45, 2.75) is 31.8 Å². The first kappa shape index (κ1) is 9.95. The van der Waals surface area contributed by atoms with Crippen LogP contribution in [-0.4, -0.2) is 48.1 Å². The fourth-order valence-corrected chi connectivity index (χ4v) is 2.50. The van der Waals surface area contributed by atoms with E-state index in [9.17, 15) is 0 Å². The minimum atomic E-state index is 0.295. The third kappa shape index (κ3) is 1.53. The van der Waals surface area contributed by atoms with Gasteiger partial charge in [-0.1, -0.05) is 0 Å². The Hall–Kier alpha value is -0.590. The van der Waals surface area contributed by atoms with E-state index in [1.165, 1.54) is 6.42 Å². The van der Waals surface area contributed by atoms with Crippen molar-refractivity contribution in [1.29, 1.82) is 5.26 Å². The Morgan fingerprint density at radius 2 is 1.93 bits per heavy atom. The zero-order chi connectivity index (χ0) is 10.3. The maximum atomic E-state index is 8.71. The molecule has 2 rings (SSSR count). The second kappa shape index (κ2) is 3.22. The van der Waals surface area contributed by atoms with Crippen molar-refractivity contribution in [2.24, 2.45) is 5.92 Å². The summed E-state index contributed by atoms with van der Waals surface area (Å²) in [6.45, 7) is 7.74. The number of hydrogen-bond acceptors (Lipinski definition) is 3. The number of hydrogen-bond donors (Lipinski definition) is 0. The molecule has 0 aromatic rings. The van der Waals surface area contributed by atoms with Crippen molar-refractivity contribution in [3.63, 3.8) is 0 Å². The molecule has 0 aromatic carbocycles. The molecule has 1 atom stereocenters. The number of likely N-dealkylation sites (tertiary alicyclic amines) is 2. The summed E-state index contributed by atoms with van der Waals surface area (Å²) in [6.07, 6.45) is 1.24. The molecule has 0 saturated carbocycles. The molecular formula is C11H19N3. The van der Waals surface area contributed by atoms with E-state index in [-0.39, 0.29) is 0 Å². The van der Waals surface area contributed by atoms with Gasteiger partial charge in [-0.05, 0) is 27.3 Å². The summed E-state index contributed by atoms with van der Waals surface area (Å²) >= 11 is 0. The van der Waals surface area contributed by atoms with Crippen LogP contribution in [-0.2, 0) is 0 Å². The average Bonchev–Trinajstić information content (AvgIpc) is 2.24. The van der Waals surface area contributed by atoms with Gasteiger partial charge in [-0.25, -0.2) is 0 Å². The highest BCUT2D eigenvalue weighted by atomic mass is 15.3. The number of nitrogens with zero attached hydrogens (tertiary/aromatic N) is 3. The van der Waals surface area contributed by atoms with Crippen LogP contribution in [0.25, 0.3) is 0 Å². The molecule has 0 N–H and O–H groups in total. The molecule has 0 amide bonds. The van der Waals surface area contributed by atoms with Gasteiger partial charge in [0.15, 0.2) is 0 Å². The van der Waals surface area contributed by atoms with Gasteiger partial charge in [-0.15, -0.1) is 0 Å². The lowest BCUT2D eigenvalue weighted by atomic mass is 9.95. The molecule has 2 aliphatic rings. The van der Waals surface area contributed by atoms with E-state index in [4.69, 9.17) is 5.26 Å². The van der Waals surface area contributed by atoms with Crippen LogP contribution in [0.3, 0.4) is 0 Å². The first-order chi connectivity index (χ1) is 6.53. The fraction of sp³-hybridized carbons (Fsp3) is 0.909. The summed E-state index contributed by atoms with van der Waals surface area (Å²) in [5.41, 5.74) is 0.336. The normalized spacial score (nSPS) is 34.0. The maximum Gasteiger partial charge on any atom is 0.0717 e. The Balaban J connectivity index is 1.89. The van der Waals surface area contributed by atoms with Gasteiger partial charge < -0.3 is 0 Å². The van der Waals surface area contributed by atoms with Crippen molar-refractivity contribution >= 4 is 0 Å². The lowest BCUT2D eigenvalue weighted by Gasteiger charge is -2.40. The Bertz CT molecular complexity index is 260. The summed E-state index contributed by atoms with van der Waals surface area (Å²) in [6, 6.07) is 3.01. The van der Waals surface area contributed by atoms with E-state index < -0.39 is 0 Å². The topological polar surface area (TPSA) is 30.3 Å². The standard InChI is InChI=1S/C11H19N3/c1-11(2)4-10(8-13(11)3)14-6-9(5-12)7-14/h9-10H,4,6-8H2,1-3H3. The van der Waals surface area contributed by atoms with Crippen molar-refractivity contribution in [2.75, 3.05) is 26.7 Å². The van der Waals surface area contributed by atoms with Crippen molar-refractivity contribution in [3.05, 3.63) is 0 Å². The van der Waals surface area contributed by atoms with Crippen LogP contribution in [0, 0.1) is 17.2 Å². The minimum Gasteiger partial charge on any atom is -0.300 e. The van der Waals surface area contributed by atoms with Gasteiger partial charge in [-0.2, -0.15) is 5.26 Å². The van der Waals surface area contributed by atoms with Gasteiger partial charge in [0.25, 0.3) is 0 Å². The van der Waals surface area contributed by atoms with Gasteiger partial charge in [0, 0.05) is 31.2 Å². The van der Waals surface area contributed by atoms with Crippen molar-refractivity contribution in [3.8, 4) is 6.07 Å². The molecule has 2 fully saturated rings. The lowest BCUT2D eigenvalue weighted by Crippen LogP contribution is -2.52. The maximum absolute atomic E-state index is 8.71. The zero-order valence-corrected chi connectivity index (χ0v) is 9.32. The largest absolute Gasteiger partial charge is 0.300 e. The van der Waals surface area contributed by atoms with Crippen LogP contribution in [0.2, 0.25) is 0 Å². The Labute approximate surface area is 86.3 Å². The predicted molar refractivity (Wildman–Crippen MR) is 55.8 cm³/mol. The van der Waals surface area contributed by atoms with Crippen LogP contribution in [0.1, 0.15) is 20.3 Å². The summed E-state index contributed by atoms with van der Waals surface area (Å²) in [7, 11) is 2.20. The molecule has 0 bridgehead atoms. The molecule has 78 valence electrons. The highest BCUT2D eigenvalue weighted by Crippen LogP contribution is 2.32. The third-order valence-corrected chi connectivity index (χ3v) is 3.86. The van der Waals surface area contributed by atoms with E-state index >= 15 is 0 Å². The first-order valence-corrected chi connectivity index (χ1v) is 5.38. The molecule has 2 saturated heterocycles. The van der Waals surface area contributed by atoms with Crippen LogP contribution in [0.4, 0.5) is 0 Å². The summed E-state index contributed by atoms with van der Waals surface area (Å²) < 4.78 is 0. The molecule has 14 heavy (non-hydrogen) atoms. The molecule has 0 spiro atoms. The lowest BCUT2D eigenvalue weighted by molar-refractivity contribution is 0.0845. The van der Waals surface area contributed by atoms with Gasteiger partial charge in [-0.3, -0.25) is 9.80 Å². The average molecular weight is 193 g/mol. The number of likely N-dealkylation sites (N-methyl/N-ethyl adjacent to an activating group) is 1. The molecule has 2 aliphatic heterocycles. The molecule has 2 heterocycles.